The molecule has 0 bridgehead atoms. The minimum Gasteiger partial charge on any atom is -0.370 e. The number of nitrogens with zero attached hydrogens (tertiary/aromatic N) is 1. The summed E-state index contributed by atoms with van der Waals surface area (Å²) in [6, 6.07) is 0. The van der Waals surface area contributed by atoms with E-state index in [0.29, 0.717) is 0 Å². The molecule has 0 aliphatic carbocycles. The molecular weight excluding hydrogens is 226 g/mol. The molecule has 6 heteroatoms. The van der Waals surface area contributed by atoms with E-state index < -0.39 is 11.6 Å². The van der Waals surface area contributed by atoms with Crippen molar-refractivity contribution in [2.24, 2.45) is 5.73 Å². The van der Waals surface area contributed by atoms with Crippen molar-refractivity contribution < 1.29 is 9.53 Å². The molecule has 0 spiro atoms. The monoisotopic (exact) mass is 243 g/mol. The van der Waals surface area contributed by atoms with Gasteiger partial charge in [-0.15, -0.1) is 11.3 Å². The molecule has 0 saturated carbocycles. The maximum absolute atomic E-state index is 11.8. The van der Waals surface area contributed by atoms with Crippen molar-refractivity contribution in [3.05, 3.63) is 16.6 Å². The molecule has 90 valence electrons. The average molecular weight is 243 g/mol. The molecule has 0 radical (unpaired) electrons. The van der Waals surface area contributed by atoms with Crippen LogP contribution in [0.4, 0.5) is 0 Å². The molecule has 16 heavy (non-hydrogen) atoms. The number of nitrogens with one attached hydrogen (secondary N) is 1. The van der Waals surface area contributed by atoms with Gasteiger partial charge in [0.15, 0.2) is 0 Å². The molecule has 1 rings (SSSR count). The Balaban J connectivity index is 2.69. The first-order valence-corrected chi connectivity index (χ1v) is 5.84. The number of aromatic nitrogens is 1. The van der Waals surface area contributed by atoms with Gasteiger partial charge in [0.2, 0.25) is 0 Å². The van der Waals surface area contributed by atoms with Gasteiger partial charge in [-0.3, -0.25) is 4.79 Å². The van der Waals surface area contributed by atoms with Gasteiger partial charge >= 0.3 is 0 Å². The van der Waals surface area contributed by atoms with Gasteiger partial charge in [0, 0.05) is 25.2 Å². The van der Waals surface area contributed by atoms with Crippen LogP contribution >= 0.6 is 11.3 Å². The van der Waals surface area contributed by atoms with E-state index in [4.69, 9.17) is 10.5 Å². The lowest BCUT2D eigenvalue weighted by molar-refractivity contribution is -0.132. The Kier molecular flexibility index (Phi) is 4.40. The van der Waals surface area contributed by atoms with Crippen LogP contribution in [-0.4, -0.2) is 30.6 Å². The Morgan fingerprint density at radius 3 is 2.88 bits per heavy atom. The quantitative estimate of drug-likeness (QED) is 0.788. The van der Waals surface area contributed by atoms with E-state index in [0.717, 1.165) is 5.01 Å². The zero-order chi connectivity index (χ0) is 12.2. The van der Waals surface area contributed by atoms with Gasteiger partial charge in [0.1, 0.15) is 11.1 Å². The Bertz CT molecular complexity index is 334. The first-order chi connectivity index (χ1) is 7.51. The molecule has 1 aromatic rings. The summed E-state index contributed by atoms with van der Waals surface area (Å²) in [5.74, 6) is -0.217. The van der Waals surface area contributed by atoms with Gasteiger partial charge in [-0.25, -0.2) is 4.98 Å². The van der Waals surface area contributed by atoms with Crippen molar-refractivity contribution in [3.63, 3.8) is 0 Å². The third kappa shape index (κ3) is 3.01. The Hall–Kier alpha value is -0.980. The van der Waals surface area contributed by atoms with E-state index >= 15 is 0 Å². The lowest BCUT2D eigenvalue weighted by Crippen LogP contribution is -2.48. The second kappa shape index (κ2) is 5.38. The molecule has 0 aromatic carbocycles. The molecule has 0 fully saturated rings. The summed E-state index contributed by atoms with van der Waals surface area (Å²) < 4.78 is 4.97. The molecule has 0 aliphatic heterocycles. The van der Waals surface area contributed by atoms with Gasteiger partial charge in [0.25, 0.3) is 5.91 Å². The number of amides is 1. The minimum absolute atomic E-state index is 0.163. The molecule has 1 unspecified atom stereocenters. The van der Waals surface area contributed by atoms with Crippen LogP contribution in [0.15, 0.2) is 11.6 Å². The van der Waals surface area contributed by atoms with E-state index in [-0.39, 0.29) is 12.5 Å². The standard InChI is InChI=1S/C10H17N3O2S/c1-10(2,9-12-4-5-16-9)13-8(14)7(6-11)15-3/h4-5,7H,6,11H2,1-3H3,(H,13,14). The number of nitrogens with two attached hydrogens (primary N) is 1. The van der Waals surface area contributed by atoms with Crippen LogP contribution in [0, 0.1) is 0 Å². The lowest BCUT2D eigenvalue weighted by atomic mass is 10.1. The van der Waals surface area contributed by atoms with Crippen LogP contribution in [0.25, 0.3) is 0 Å². The second-order valence-corrected chi connectivity index (χ2v) is 4.81. The van der Waals surface area contributed by atoms with E-state index in [1.807, 2.05) is 19.2 Å². The van der Waals surface area contributed by atoms with Crippen molar-refractivity contribution in [1.82, 2.24) is 10.3 Å². The lowest BCUT2D eigenvalue weighted by Gasteiger charge is -2.26. The van der Waals surface area contributed by atoms with E-state index in [2.05, 4.69) is 10.3 Å². The summed E-state index contributed by atoms with van der Waals surface area (Å²) in [6.45, 7) is 3.95. The number of carbonyl (C=O) groups excluding carboxylic acids is 1. The third-order valence-electron chi connectivity index (χ3n) is 2.19. The number of methoxy groups -OCH3 is 1. The first-order valence-electron chi connectivity index (χ1n) is 4.96. The predicted molar refractivity (Wildman–Crippen MR) is 63.1 cm³/mol. The summed E-state index contributed by atoms with van der Waals surface area (Å²) in [7, 11) is 1.47. The molecule has 1 heterocycles. The average Bonchev–Trinajstić information content (AvgIpc) is 2.71. The minimum atomic E-state index is -0.612. The fraction of sp³-hybridized carbons (Fsp3) is 0.600. The second-order valence-electron chi connectivity index (χ2n) is 3.91. The topological polar surface area (TPSA) is 77.2 Å². The smallest absolute Gasteiger partial charge is 0.251 e. The van der Waals surface area contributed by atoms with Crippen LogP contribution < -0.4 is 11.1 Å². The number of thiazole rings is 1. The highest BCUT2D eigenvalue weighted by molar-refractivity contribution is 7.09. The zero-order valence-corrected chi connectivity index (χ0v) is 10.5. The number of hydrogen-bond acceptors (Lipinski definition) is 5. The van der Waals surface area contributed by atoms with Crippen LogP contribution in [0.1, 0.15) is 18.9 Å². The predicted octanol–water partition coefficient (Wildman–Crippen LogP) is 0.468. The highest BCUT2D eigenvalue weighted by atomic mass is 32.1. The van der Waals surface area contributed by atoms with E-state index in [1.54, 1.807) is 6.20 Å². The molecular formula is C10H17N3O2S. The van der Waals surface area contributed by atoms with Crippen LogP contribution in [0.5, 0.6) is 0 Å². The zero-order valence-electron chi connectivity index (χ0n) is 9.69. The Morgan fingerprint density at radius 2 is 2.44 bits per heavy atom. The summed E-state index contributed by atoms with van der Waals surface area (Å²) >= 11 is 1.50. The summed E-state index contributed by atoms with van der Waals surface area (Å²) in [5, 5.41) is 5.59. The fourth-order valence-corrected chi connectivity index (χ4v) is 2.00. The summed E-state index contributed by atoms with van der Waals surface area (Å²) in [5.41, 5.74) is 4.92. The summed E-state index contributed by atoms with van der Waals surface area (Å²) in [6.07, 6.45) is 1.10. The molecule has 5 nitrogen and oxygen atoms in total. The van der Waals surface area contributed by atoms with Gasteiger partial charge in [0.05, 0.1) is 5.54 Å². The third-order valence-corrected chi connectivity index (χ3v) is 3.29. The van der Waals surface area contributed by atoms with Crippen molar-refractivity contribution in [3.8, 4) is 0 Å². The molecule has 0 saturated heterocycles. The van der Waals surface area contributed by atoms with Gasteiger partial charge < -0.3 is 15.8 Å². The fourth-order valence-electron chi connectivity index (χ4n) is 1.28. The van der Waals surface area contributed by atoms with Gasteiger partial charge in [-0.2, -0.15) is 0 Å². The Labute approximate surface area is 99.0 Å². The van der Waals surface area contributed by atoms with Crippen molar-refractivity contribution >= 4 is 17.2 Å². The SMILES string of the molecule is COC(CN)C(=O)NC(C)(C)c1nccs1. The molecule has 1 amide bonds. The van der Waals surface area contributed by atoms with E-state index in [9.17, 15) is 4.79 Å². The van der Waals surface area contributed by atoms with E-state index in [1.165, 1.54) is 18.4 Å². The summed E-state index contributed by atoms with van der Waals surface area (Å²) in [4.78, 5) is 16.0. The first kappa shape index (κ1) is 13.1. The number of ether oxygens (including phenoxy) is 1. The van der Waals surface area contributed by atoms with Crippen LogP contribution in [-0.2, 0) is 15.1 Å². The molecule has 3 N–H and O–H groups in total. The van der Waals surface area contributed by atoms with Crippen LogP contribution in [0.2, 0.25) is 0 Å². The van der Waals surface area contributed by atoms with Crippen molar-refractivity contribution in [2.45, 2.75) is 25.5 Å². The normalized spacial score (nSPS) is 13.5. The van der Waals surface area contributed by atoms with Gasteiger partial charge in [-0.1, -0.05) is 0 Å². The maximum Gasteiger partial charge on any atom is 0.251 e. The number of hydrogen-bond donors (Lipinski definition) is 2. The maximum atomic E-state index is 11.8. The molecule has 1 aromatic heterocycles. The van der Waals surface area contributed by atoms with Crippen LogP contribution in [0.3, 0.4) is 0 Å². The molecule has 1 atom stereocenters. The van der Waals surface area contributed by atoms with Crippen molar-refractivity contribution in [1.29, 1.82) is 0 Å². The van der Waals surface area contributed by atoms with Crippen molar-refractivity contribution in [2.75, 3.05) is 13.7 Å². The molecule has 0 aliphatic rings. The largest absolute Gasteiger partial charge is 0.370 e. The number of rotatable bonds is 5. The Morgan fingerprint density at radius 1 is 1.75 bits per heavy atom. The highest BCUT2D eigenvalue weighted by Gasteiger charge is 2.28. The van der Waals surface area contributed by atoms with Gasteiger partial charge in [-0.05, 0) is 13.8 Å². The highest BCUT2D eigenvalue weighted by Crippen LogP contribution is 2.21. The number of carbonyl (C=O) groups is 1.